The first-order chi connectivity index (χ1) is 12.3. The van der Waals surface area contributed by atoms with E-state index in [0.29, 0.717) is 0 Å². The predicted molar refractivity (Wildman–Crippen MR) is 119 cm³/mol. The number of halogens is 1. The summed E-state index contributed by atoms with van der Waals surface area (Å²) >= 11 is 0. The van der Waals surface area contributed by atoms with E-state index in [1.165, 1.54) is 5.69 Å². The Hall–Kier alpha value is -1.06. The van der Waals surface area contributed by atoms with Gasteiger partial charge in [0.05, 0.1) is 19.3 Å². The molecule has 0 radical (unpaired) electrons. The molecule has 146 valence electrons. The largest absolute Gasteiger partial charge is 0.374 e. The fourth-order valence-corrected chi connectivity index (χ4v) is 3.41. The highest BCUT2D eigenvalue weighted by molar-refractivity contribution is 14.0. The molecule has 3 rings (SSSR count). The van der Waals surface area contributed by atoms with Crippen molar-refractivity contribution >= 4 is 35.6 Å². The average Bonchev–Trinajstić information content (AvgIpc) is 2.66. The Morgan fingerprint density at radius 2 is 1.88 bits per heavy atom. The number of guanidine groups is 1. The van der Waals surface area contributed by atoms with Gasteiger partial charge in [-0.15, -0.1) is 24.0 Å². The number of benzene rings is 1. The summed E-state index contributed by atoms with van der Waals surface area (Å²) in [5, 5.41) is 3.45. The van der Waals surface area contributed by atoms with Crippen LogP contribution in [0.4, 0.5) is 5.69 Å². The smallest absolute Gasteiger partial charge is 0.194 e. The highest BCUT2D eigenvalue weighted by Crippen LogP contribution is 2.15. The molecule has 0 spiro atoms. The Balaban J connectivity index is 0.00000243. The number of nitrogens with one attached hydrogen (secondary N) is 1. The number of likely N-dealkylation sites (N-methyl/N-ethyl adjacent to an activating group) is 1. The molecule has 1 unspecified atom stereocenters. The molecule has 0 saturated carbocycles. The van der Waals surface area contributed by atoms with Crippen molar-refractivity contribution in [1.29, 1.82) is 0 Å². The summed E-state index contributed by atoms with van der Waals surface area (Å²) in [4.78, 5) is 12.0. The van der Waals surface area contributed by atoms with Crippen molar-refractivity contribution in [1.82, 2.24) is 15.1 Å². The topological polar surface area (TPSA) is 43.3 Å². The van der Waals surface area contributed by atoms with Gasteiger partial charge < -0.3 is 24.8 Å². The van der Waals surface area contributed by atoms with Crippen LogP contribution in [0.1, 0.15) is 6.92 Å². The molecular formula is C19H32IN5O. The minimum atomic E-state index is 0. The fraction of sp³-hybridized carbons (Fsp3) is 0.632. The van der Waals surface area contributed by atoms with E-state index in [1.54, 1.807) is 0 Å². The van der Waals surface area contributed by atoms with Gasteiger partial charge in [0.1, 0.15) is 0 Å². The first-order valence-corrected chi connectivity index (χ1v) is 9.39. The number of rotatable bonds is 4. The predicted octanol–water partition coefficient (Wildman–Crippen LogP) is 1.72. The standard InChI is InChI=1S/C19H31N5O.HI/c1-3-20-19(21-15-18-16-22(2)13-14-25-18)24-11-9-23(10-12-24)17-7-5-4-6-8-17;/h4-8,18H,3,9-16H2,1-2H3,(H,20,21);1H. The number of para-hydroxylation sites is 1. The minimum Gasteiger partial charge on any atom is -0.374 e. The van der Waals surface area contributed by atoms with Crippen molar-refractivity contribution in [3.8, 4) is 0 Å². The Morgan fingerprint density at radius 1 is 1.15 bits per heavy atom. The Bertz CT molecular complexity index is 548. The number of hydrogen-bond donors (Lipinski definition) is 1. The van der Waals surface area contributed by atoms with Crippen LogP contribution in [0.15, 0.2) is 35.3 Å². The van der Waals surface area contributed by atoms with Gasteiger partial charge in [-0.3, -0.25) is 4.99 Å². The van der Waals surface area contributed by atoms with Gasteiger partial charge in [-0.1, -0.05) is 18.2 Å². The van der Waals surface area contributed by atoms with Gasteiger partial charge in [0.15, 0.2) is 5.96 Å². The van der Waals surface area contributed by atoms with Gasteiger partial charge in [-0.05, 0) is 26.1 Å². The summed E-state index contributed by atoms with van der Waals surface area (Å²) in [5.74, 6) is 1.02. The fourth-order valence-electron chi connectivity index (χ4n) is 3.41. The molecule has 0 bridgehead atoms. The van der Waals surface area contributed by atoms with E-state index in [1.807, 2.05) is 0 Å². The second-order valence-corrected chi connectivity index (χ2v) is 6.76. The second kappa shape index (κ2) is 10.9. The number of nitrogens with zero attached hydrogens (tertiary/aromatic N) is 4. The number of aliphatic imine (C=N–C) groups is 1. The lowest BCUT2D eigenvalue weighted by Crippen LogP contribution is -2.53. The third kappa shape index (κ3) is 5.99. The molecule has 6 nitrogen and oxygen atoms in total. The normalized spacial score (nSPS) is 22.1. The molecule has 1 aromatic carbocycles. The zero-order chi connectivity index (χ0) is 17.5. The molecule has 2 fully saturated rings. The lowest BCUT2D eigenvalue weighted by molar-refractivity contribution is -0.0137. The SMILES string of the molecule is CCNC(=NCC1CN(C)CCO1)N1CCN(c2ccccc2)CC1.I. The number of piperazine rings is 1. The van der Waals surface area contributed by atoms with E-state index in [9.17, 15) is 0 Å². The van der Waals surface area contributed by atoms with Crippen LogP contribution in [-0.2, 0) is 4.74 Å². The maximum atomic E-state index is 5.84. The van der Waals surface area contributed by atoms with Crippen LogP contribution < -0.4 is 10.2 Å². The number of anilines is 1. The third-order valence-corrected chi connectivity index (χ3v) is 4.82. The molecule has 26 heavy (non-hydrogen) atoms. The van der Waals surface area contributed by atoms with Crippen molar-refractivity contribution in [2.75, 3.05) is 70.9 Å². The maximum Gasteiger partial charge on any atom is 0.194 e. The summed E-state index contributed by atoms with van der Waals surface area (Å²) in [6.07, 6.45) is 0.206. The van der Waals surface area contributed by atoms with Gasteiger partial charge in [0.2, 0.25) is 0 Å². The molecule has 0 amide bonds. The van der Waals surface area contributed by atoms with Crippen molar-refractivity contribution < 1.29 is 4.74 Å². The van der Waals surface area contributed by atoms with E-state index < -0.39 is 0 Å². The highest BCUT2D eigenvalue weighted by Gasteiger charge is 2.21. The van der Waals surface area contributed by atoms with Gasteiger partial charge >= 0.3 is 0 Å². The van der Waals surface area contributed by atoms with E-state index in [4.69, 9.17) is 9.73 Å². The Kier molecular flexibility index (Phi) is 8.94. The van der Waals surface area contributed by atoms with Crippen LogP contribution in [0, 0.1) is 0 Å². The Labute approximate surface area is 174 Å². The molecule has 1 N–H and O–H groups in total. The first-order valence-electron chi connectivity index (χ1n) is 9.39. The third-order valence-electron chi connectivity index (χ3n) is 4.82. The van der Waals surface area contributed by atoms with Gasteiger partial charge in [0.25, 0.3) is 0 Å². The number of morpholine rings is 1. The van der Waals surface area contributed by atoms with Crippen LogP contribution >= 0.6 is 24.0 Å². The molecule has 2 aliphatic heterocycles. The molecule has 7 heteroatoms. The van der Waals surface area contributed by atoms with Gasteiger partial charge in [0, 0.05) is 51.5 Å². The molecule has 1 aromatic rings. The summed E-state index contributed by atoms with van der Waals surface area (Å²) in [6.45, 7) is 10.6. The zero-order valence-electron chi connectivity index (χ0n) is 15.9. The van der Waals surface area contributed by atoms with Crippen LogP contribution in [0.25, 0.3) is 0 Å². The quantitative estimate of drug-likeness (QED) is 0.410. The molecule has 2 saturated heterocycles. The number of hydrogen-bond acceptors (Lipinski definition) is 4. The van der Waals surface area contributed by atoms with E-state index in [-0.39, 0.29) is 30.1 Å². The molecule has 0 aliphatic carbocycles. The monoisotopic (exact) mass is 473 g/mol. The minimum absolute atomic E-state index is 0. The highest BCUT2D eigenvalue weighted by atomic mass is 127. The van der Waals surface area contributed by atoms with Gasteiger partial charge in [-0.25, -0.2) is 0 Å². The molecular weight excluding hydrogens is 441 g/mol. The van der Waals surface area contributed by atoms with E-state index in [2.05, 4.69) is 64.3 Å². The number of ether oxygens (including phenoxy) is 1. The van der Waals surface area contributed by atoms with Crippen molar-refractivity contribution in [3.63, 3.8) is 0 Å². The maximum absolute atomic E-state index is 5.84. The second-order valence-electron chi connectivity index (χ2n) is 6.76. The lowest BCUT2D eigenvalue weighted by Gasteiger charge is -2.38. The lowest BCUT2D eigenvalue weighted by atomic mass is 10.2. The zero-order valence-corrected chi connectivity index (χ0v) is 18.3. The van der Waals surface area contributed by atoms with Gasteiger partial charge in [-0.2, -0.15) is 0 Å². The molecule has 0 aromatic heterocycles. The summed E-state index contributed by atoms with van der Waals surface area (Å²) in [7, 11) is 2.15. The van der Waals surface area contributed by atoms with Crippen LogP contribution in [-0.4, -0.2) is 87.9 Å². The van der Waals surface area contributed by atoms with Crippen LogP contribution in [0.3, 0.4) is 0 Å². The summed E-state index contributed by atoms with van der Waals surface area (Å²) in [6, 6.07) is 10.7. The van der Waals surface area contributed by atoms with Crippen molar-refractivity contribution in [2.24, 2.45) is 4.99 Å². The van der Waals surface area contributed by atoms with E-state index >= 15 is 0 Å². The average molecular weight is 473 g/mol. The Morgan fingerprint density at radius 3 is 2.54 bits per heavy atom. The summed E-state index contributed by atoms with van der Waals surface area (Å²) < 4.78 is 5.84. The van der Waals surface area contributed by atoms with E-state index in [0.717, 1.165) is 64.9 Å². The first kappa shape index (κ1) is 21.2. The van der Waals surface area contributed by atoms with Crippen molar-refractivity contribution in [3.05, 3.63) is 30.3 Å². The van der Waals surface area contributed by atoms with Crippen LogP contribution in [0.2, 0.25) is 0 Å². The van der Waals surface area contributed by atoms with Crippen LogP contribution in [0.5, 0.6) is 0 Å². The summed E-state index contributed by atoms with van der Waals surface area (Å²) in [5.41, 5.74) is 1.31. The molecule has 2 aliphatic rings. The van der Waals surface area contributed by atoms with Crippen molar-refractivity contribution in [2.45, 2.75) is 13.0 Å². The molecule has 1 atom stereocenters. The molecule has 2 heterocycles.